The number of nitrogens with zero attached hydrogens (tertiary/aromatic N) is 5. The first kappa shape index (κ1) is 18.6. The number of rotatable bonds is 3. The van der Waals surface area contributed by atoms with Gasteiger partial charge in [-0.05, 0) is 0 Å². The fourth-order valence-corrected chi connectivity index (χ4v) is 2.45. The molecule has 1 aliphatic rings. The third-order valence-electron chi connectivity index (χ3n) is 3.60. The Balaban J connectivity index is 2.13. The molecule has 1 saturated heterocycles. The summed E-state index contributed by atoms with van der Waals surface area (Å²) in [7, 11) is 0. The Morgan fingerprint density at radius 1 is 1.26 bits per heavy atom. The summed E-state index contributed by atoms with van der Waals surface area (Å²) in [6, 6.07) is 1.07. The average Bonchev–Trinajstić information content (AvgIpc) is 2.61. The largest absolute Gasteiger partial charge is 0.465 e. The van der Waals surface area contributed by atoms with Gasteiger partial charge >= 0.3 is 12.3 Å². The summed E-state index contributed by atoms with van der Waals surface area (Å²) in [6.07, 6.45) is -5.34. The molecule has 0 radical (unpaired) electrons. The molecule has 4 N–H and O–H groups in total. The molecule has 27 heavy (non-hydrogen) atoms. The van der Waals surface area contributed by atoms with Gasteiger partial charge in [-0.25, -0.2) is 19.7 Å². The molecule has 3 rings (SSSR count). The molecule has 0 aromatic carbocycles. The SMILES string of the molecule is Nc1ncc(-c2cc(NC(=O)O)nc(N3CCOCC3)n2)c(C(F)(F)F)n1. The molecule has 10 nitrogen and oxygen atoms in total. The van der Waals surface area contributed by atoms with Crippen LogP contribution < -0.4 is 16.0 Å². The van der Waals surface area contributed by atoms with Crippen molar-refractivity contribution in [2.24, 2.45) is 0 Å². The van der Waals surface area contributed by atoms with Gasteiger partial charge in [-0.1, -0.05) is 0 Å². The number of nitrogens with one attached hydrogen (secondary N) is 1. The number of nitrogen functional groups attached to an aromatic ring is 1. The highest BCUT2D eigenvalue weighted by Crippen LogP contribution is 2.36. The van der Waals surface area contributed by atoms with Crippen molar-refractivity contribution < 1.29 is 27.8 Å². The molecule has 0 atom stereocenters. The Bertz CT molecular complexity index is 856. The number of carboxylic acid groups (broad SMARTS) is 1. The number of alkyl halides is 3. The Labute approximate surface area is 150 Å². The average molecular weight is 385 g/mol. The van der Waals surface area contributed by atoms with Crippen LogP contribution in [0.25, 0.3) is 11.3 Å². The molecular formula is C14H14F3N7O3. The monoisotopic (exact) mass is 385 g/mol. The number of aromatic nitrogens is 4. The second kappa shape index (κ2) is 7.19. The van der Waals surface area contributed by atoms with Crippen LogP contribution >= 0.6 is 0 Å². The van der Waals surface area contributed by atoms with Crippen LogP contribution in [0.5, 0.6) is 0 Å². The lowest BCUT2D eigenvalue weighted by atomic mass is 10.1. The van der Waals surface area contributed by atoms with Crippen molar-refractivity contribution in [2.45, 2.75) is 6.18 Å². The van der Waals surface area contributed by atoms with Gasteiger partial charge in [0.25, 0.3) is 0 Å². The molecule has 0 bridgehead atoms. The number of ether oxygens (including phenoxy) is 1. The third kappa shape index (κ3) is 4.31. The first-order chi connectivity index (χ1) is 12.7. The molecule has 1 fully saturated rings. The molecule has 2 aromatic rings. The Kier molecular flexibility index (Phi) is 4.94. The first-order valence-electron chi connectivity index (χ1n) is 7.66. The zero-order valence-electron chi connectivity index (χ0n) is 13.7. The summed E-state index contributed by atoms with van der Waals surface area (Å²) in [5, 5.41) is 10.9. The normalized spacial score (nSPS) is 14.9. The van der Waals surface area contributed by atoms with Crippen molar-refractivity contribution in [2.75, 3.05) is 42.3 Å². The summed E-state index contributed by atoms with van der Waals surface area (Å²) in [5.74, 6) is -0.666. The van der Waals surface area contributed by atoms with Crippen molar-refractivity contribution in [3.05, 3.63) is 18.0 Å². The van der Waals surface area contributed by atoms with Crippen LogP contribution in [-0.2, 0) is 10.9 Å². The van der Waals surface area contributed by atoms with E-state index in [4.69, 9.17) is 15.6 Å². The van der Waals surface area contributed by atoms with Gasteiger partial charge in [0.05, 0.1) is 18.9 Å². The van der Waals surface area contributed by atoms with E-state index in [1.165, 1.54) is 0 Å². The molecule has 0 unspecified atom stereocenters. The third-order valence-corrected chi connectivity index (χ3v) is 3.60. The molecule has 3 heterocycles. The highest BCUT2D eigenvalue weighted by Gasteiger charge is 2.37. The minimum atomic E-state index is -4.81. The van der Waals surface area contributed by atoms with Crippen molar-refractivity contribution in [3.63, 3.8) is 0 Å². The molecule has 144 valence electrons. The predicted octanol–water partition coefficient (Wildman–Crippen LogP) is 1.46. The number of nitrogens with two attached hydrogens (primary N) is 1. The summed E-state index contributed by atoms with van der Waals surface area (Å²) < 4.78 is 45.3. The summed E-state index contributed by atoms with van der Waals surface area (Å²) in [5.41, 5.74) is 3.37. The number of morpholine rings is 1. The lowest BCUT2D eigenvalue weighted by Gasteiger charge is -2.27. The Morgan fingerprint density at radius 2 is 1.96 bits per heavy atom. The smallest absolute Gasteiger partial charge is 0.434 e. The van der Waals surface area contributed by atoms with E-state index < -0.39 is 29.5 Å². The quantitative estimate of drug-likeness (QED) is 0.716. The van der Waals surface area contributed by atoms with Crippen LogP contribution in [0, 0.1) is 0 Å². The maximum absolute atomic E-state index is 13.4. The number of hydrogen-bond acceptors (Lipinski definition) is 8. The van der Waals surface area contributed by atoms with E-state index in [1.54, 1.807) is 4.90 Å². The van der Waals surface area contributed by atoms with Crippen LogP contribution in [0.3, 0.4) is 0 Å². The van der Waals surface area contributed by atoms with Crippen LogP contribution in [0.1, 0.15) is 5.69 Å². The van der Waals surface area contributed by atoms with Crippen LogP contribution in [0.15, 0.2) is 12.3 Å². The number of amides is 1. The van der Waals surface area contributed by atoms with Gasteiger partial charge in [0.2, 0.25) is 11.9 Å². The van der Waals surface area contributed by atoms with E-state index in [-0.39, 0.29) is 17.5 Å². The topological polar surface area (TPSA) is 139 Å². The second-order valence-electron chi connectivity index (χ2n) is 5.46. The summed E-state index contributed by atoms with van der Waals surface area (Å²) in [4.78, 5) is 27.7. The minimum absolute atomic E-state index is 0.0597. The molecule has 0 saturated carbocycles. The predicted molar refractivity (Wildman–Crippen MR) is 87.2 cm³/mol. The first-order valence-corrected chi connectivity index (χ1v) is 7.66. The molecule has 2 aromatic heterocycles. The van der Waals surface area contributed by atoms with Gasteiger partial charge in [-0.2, -0.15) is 18.2 Å². The minimum Gasteiger partial charge on any atom is -0.465 e. The number of anilines is 3. The fourth-order valence-electron chi connectivity index (χ4n) is 2.45. The number of carbonyl (C=O) groups is 1. The fraction of sp³-hybridized carbons (Fsp3) is 0.357. The molecule has 0 aliphatic carbocycles. The van der Waals surface area contributed by atoms with Crippen molar-refractivity contribution in [3.8, 4) is 11.3 Å². The van der Waals surface area contributed by atoms with Gasteiger partial charge < -0.3 is 20.5 Å². The van der Waals surface area contributed by atoms with E-state index in [0.717, 1.165) is 12.3 Å². The Morgan fingerprint density at radius 3 is 2.59 bits per heavy atom. The van der Waals surface area contributed by atoms with Crippen LogP contribution in [0.2, 0.25) is 0 Å². The van der Waals surface area contributed by atoms with Crippen molar-refractivity contribution in [1.29, 1.82) is 0 Å². The summed E-state index contributed by atoms with van der Waals surface area (Å²) in [6.45, 7) is 1.57. The van der Waals surface area contributed by atoms with Crippen molar-refractivity contribution >= 4 is 23.8 Å². The maximum atomic E-state index is 13.4. The van der Waals surface area contributed by atoms with E-state index in [0.29, 0.717) is 26.3 Å². The highest BCUT2D eigenvalue weighted by atomic mass is 19.4. The standard InChI is InChI=1S/C14H14F3N7O3/c15-14(16,17)10-7(6-19-11(18)23-10)8-5-9(22-13(25)26)21-12(20-8)24-1-3-27-4-2-24/h5-6H,1-4H2,(H,25,26)(H2,18,19,23)(H,20,21,22). The number of halogens is 3. The lowest BCUT2D eigenvalue weighted by Crippen LogP contribution is -2.37. The molecule has 13 heteroatoms. The van der Waals surface area contributed by atoms with Gasteiger partial charge in [0, 0.05) is 30.9 Å². The van der Waals surface area contributed by atoms with Crippen molar-refractivity contribution in [1.82, 2.24) is 19.9 Å². The highest BCUT2D eigenvalue weighted by molar-refractivity contribution is 5.83. The molecule has 1 aliphatic heterocycles. The van der Waals surface area contributed by atoms with Crippen LogP contribution in [0.4, 0.5) is 35.7 Å². The van der Waals surface area contributed by atoms with E-state index in [9.17, 15) is 18.0 Å². The molecule has 0 spiro atoms. The molecular weight excluding hydrogens is 371 g/mol. The second-order valence-corrected chi connectivity index (χ2v) is 5.46. The zero-order chi connectivity index (χ0) is 19.6. The number of hydrogen-bond donors (Lipinski definition) is 3. The maximum Gasteiger partial charge on any atom is 0.434 e. The van der Waals surface area contributed by atoms with Gasteiger partial charge in [-0.3, -0.25) is 5.32 Å². The Hall–Kier alpha value is -3.22. The van der Waals surface area contributed by atoms with E-state index >= 15 is 0 Å². The van der Waals surface area contributed by atoms with Gasteiger partial charge in [0.1, 0.15) is 5.82 Å². The molecule has 1 amide bonds. The lowest BCUT2D eigenvalue weighted by molar-refractivity contribution is -0.140. The zero-order valence-corrected chi connectivity index (χ0v) is 13.7. The summed E-state index contributed by atoms with van der Waals surface area (Å²) >= 11 is 0. The van der Waals surface area contributed by atoms with Crippen LogP contribution in [-0.4, -0.2) is 57.4 Å². The van der Waals surface area contributed by atoms with Gasteiger partial charge in [0.15, 0.2) is 5.69 Å². The van der Waals surface area contributed by atoms with Gasteiger partial charge in [-0.15, -0.1) is 0 Å². The van der Waals surface area contributed by atoms with E-state index in [2.05, 4.69) is 19.9 Å². The van der Waals surface area contributed by atoms with E-state index in [1.807, 2.05) is 5.32 Å².